The Kier molecular flexibility index (Phi) is 0.899. The quantitative estimate of drug-likeness (QED) is 0.553. The molecule has 0 aromatic heterocycles. The van der Waals surface area contributed by atoms with Gasteiger partial charge in [0.05, 0.1) is 5.54 Å². The Morgan fingerprint density at radius 3 is 1.88 bits per heavy atom. The zero-order valence-electron chi connectivity index (χ0n) is 4.75. The summed E-state index contributed by atoms with van der Waals surface area (Å²) < 4.78 is 24.3. The SMILES string of the molecule is CC(F)(F)C1(N)CC1. The maximum atomic E-state index is 12.2. The van der Waals surface area contributed by atoms with Gasteiger partial charge in [-0.3, -0.25) is 0 Å². The highest BCUT2D eigenvalue weighted by Gasteiger charge is 2.55. The molecule has 0 aromatic carbocycles. The molecule has 1 aliphatic carbocycles. The zero-order valence-corrected chi connectivity index (χ0v) is 4.75. The fourth-order valence-electron chi connectivity index (χ4n) is 0.574. The predicted octanol–water partition coefficient (Wildman–Crippen LogP) is 1.13. The minimum absolute atomic E-state index is 0.469. The van der Waals surface area contributed by atoms with Crippen LogP contribution in [0.25, 0.3) is 0 Å². The number of nitrogens with two attached hydrogens (primary N) is 1. The summed E-state index contributed by atoms with van der Waals surface area (Å²) in [6.07, 6.45) is 0.938. The van der Waals surface area contributed by atoms with Gasteiger partial charge in [0.15, 0.2) is 0 Å². The van der Waals surface area contributed by atoms with Crippen molar-refractivity contribution < 1.29 is 8.78 Å². The molecule has 0 bridgehead atoms. The summed E-state index contributed by atoms with van der Waals surface area (Å²) in [5.74, 6) is -2.67. The topological polar surface area (TPSA) is 26.0 Å². The van der Waals surface area contributed by atoms with E-state index < -0.39 is 11.5 Å². The van der Waals surface area contributed by atoms with Gasteiger partial charge in [-0.1, -0.05) is 0 Å². The molecule has 0 aliphatic heterocycles. The van der Waals surface area contributed by atoms with Crippen molar-refractivity contribution in [3.05, 3.63) is 0 Å². The predicted molar refractivity (Wildman–Crippen MR) is 26.8 cm³/mol. The first kappa shape index (κ1) is 5.95. The van der Waals surface area contributed by atoms with Gasteiger partial charge in [-0.2, -0.15) is 0 Å². The second kappa shape index (κ2) is 1.21. The second-order valence-corrected chi connectivity index (χ2v) is 2.54. The molecule has 1 rings (SSSR count). The summed E-state index contributed by atoms with van der Waals surface area (Å²) in [6.45, 7) is 0.875. The first-order chi connectivity index (χ1) is 3.46. The number of halogens is 2. The molecule has 0 atom stereocenters. The highest BCUT2D eigenvalue weighted by Crippen LogP contribution is 2.45. The fourth-order valence-corrected chi connectivity index (χ4v) is 0.574. The average Bonchev–Trinajstić information content (AvgIpc) is 2.16. The fraction of sp³-hybridized carbons (Fsp3) is 1.00. The normalized spacial score (nSPS) is 25.5. The lowest BCUT2D eigenvalue weighted by Crippen LogP contribution is -2.40. The van der Waals surface area contributed by atoms with E-state index in [1.165, 1.54) is 0 Å². The Balaban J connectivity index is 2.58. The van der Waals surface area contributed by atoms with Crippen molar-refractivity contribution in [2.75, 3.05) is 0 Å². The van der Waals surface area contributed by atoms with E-state index in [0.29, 0.717) is 12.8 Å². The minimum Gasteiger partial charge on any atom is -0.320 e. The lowest BCUT2D eigenvalue weighted by molar-refractivity contribution is -0.0160. The van der Waals surface area contributed by atoms with Crippen LogP contribution >= 0.6 is 0 Å². The molecule has 0 aromatic rings. The number of alkyl halides is 2. The number of hydrogen-bond acceptors (Lipinski definition) is 1. The zero-order chi connectivity index (χ0) is 6.41. The Labute approximate surface area is 46.9 Å². The molecule has 0 saturated heterocycles. The number of rotatable bonds is 1. The summed E-state index contributed by atoms with van der Waals surface area (Å²) in [6, 6.07) is 0. The summed E-state index contributed by atoms with van der Waals surface area (Å²) in [5.41, 5.74) is 4.03. The van der Waals surface area contributed by atoms with Crippen LogP contribution in [0.3, 0.4) is 0 Å². The third kappa shape index (κ3) is 0.708. The van der Waals surface area contributed by atoms with E-state index in [0.717, 1.165) is 6.92 Å². The van der Waals surface area contributed by atoms with Crippen molar-refractivity contribution in [3.63, 3.8) is 0 Å². The van der Waals surface area contributed by atoms with Gasteiger partial charge < -0.3 is 5.73 Å². The van der Waals surface area contributed by atoms with Gasteiger partial charge in [0.1, 0.15) is 0 Å². The van der Waals surface area contributed by atoms with Crippen molar-refractivity contribution in [2.45, 2.75) is 31.2 Å². The molecule has 0 amide bonds. The van der Waals surface area contributed by atoms with Gasteiger partial charge in [0.2, 0.25) is 0 Å². The van der Waals surface area contributed by atoms with E-state index in [1.807, 2.05) is 0 Å². The lowest BCUT2D eigenvalue weighted by Gasteiger charge is -2.16. The van der Waals surface area contributed by atoms with Crippen LogP contribution in [-0.4, -0.2) is 11.5 Å². The monoisotopic (exact) mass is 121 g/mol. The Bertz CT molecular complexity index is 98.2. The van der Waals surface area contributed by atoms with Crippen molar-refractivity contribution in [1.82, 2.24) is 0 Å². The van der Waals surface area contributed by atoms with Gasteiger partial charge in [-0.25, -0.2) is 8.78 Å². The third-order valence-electron chi connectivity index (χ3n) is 1.66. The smallest absolute Gasteiger partial charge is 0.262 e. The van der Waals surface area contributed by atoms with Crippen LogP contribution in [0.15, 0.2) is 0 Å². The van der Waals surface area contributed by atoms with Crippen LogP contribution in [-0.2, 0) is 0 Å². The second-order valence-electron chi connectivity index (χ2n) is 2.54. The molecule has 1 fully saturated rings. The van der Waals surface area contributed by atoms with Crippen molar-refractivity contribution >= 4 is 0 Å². The molecule has 1 nitrogen and oxygen atoms in total. The molecule has 0 spiro atoms. The van der Waals surface area contributed by atoms with Crippen LogP contribution in [0.4, 0.5) is 8.78 Å². The van der Waals surface area contributed by atoms with Crippen molar-refractivity contribution in [3.8, 4) is 0 Å². The van der Waals surface area contributed by atoms with Gasteiger partial charge in [0.25, 0.3) is 5.92 Å². The molecular formula is C5H9F2N. The average molecular weight is 121 g/mol. The van der Waals surface area contributed by atoms with Gasteiger partial charge >= 0.3 is 0 Å². The molecule has 2 N–H and O–H groups in total. The highest BCUT2D eigenvalue weighted by atomic mass is 19.3. The van der Waals surface area contributed by atoms with E-state index in [-0.39, 0.29) is 0 Å². The molecule has 0 heterocycles. The standard InChI is InChI=1S/C5H9F2N/c1-4(6,7)5(8)2-3-5/h2-3,8H2,1H3. The number of hydrogen-bond donors (Lipinski definition) is 1. The lowest BCUT2D eigenvalue weighted by atomic mass is 10.1. The molecule has 0 unspecified atom stereocenters. The van der Waals surface area contributed by atoms with Gasteiger partial charge in [-0.05, 0) is 12.8 Å². The maximum absolute atomic E-state index is 12.2. The summed E-state index contributed by atoms with van der Waals surface area (Å²) >= 11 is 0. The molecule has 1 aliphatic rings. The van der Waals surface area contributed by atoms with E-state index >= 15 is 0 Å². The van der Waals surface area contributed by atoms with E-state index in [9.17, 15) is 8.78 Å². The maximum Gasteiger partial charge on any atom is 0.262 e. The third-order valence-corrected chi connectivity index (χ3v) is 1.66. The Hall–Kier alpha value is -0.180. The van der Waals surface area contributed by atoms with E-state index in [4.69, 9.17) is 5.73 Å². The molecule has 8 heavy (non-hydrogen) atoms. The van der Waals surface area contributed by atoms with Crippen LogP contribution in [0.5, 0.6) is 0 Å². The molecule has 48 valence electrons. The van der Waals surface area contributed by atoms with Crippen LogP contribution in [0, 0.1) is 0 Å². The summed E-state index contributed by atoms with van der Waals surface area (Å²) in [7, 11) is 0. The van der Waals surface area contributed by atoms with Crippen LogP contribution < -0.4 is 5.73 Å². The first-order valence-corrected chi connectivity index (χ1v) is 2.62. The Morgan fingerprint density at radius 1 is 1.50 bits per heavy atom. The molecule has 3 heteroatoms. The largest absolute Gasteiger partial charge is 0.320 e. The summed E-state index contributed by atoms with van der Waals surface area (Å²) in [4.78, 5) is 0. The van der Waals surface area contributed by atoms with Gasteiger partial charge in [-0.15, -0.1) is 0 Å². The first-order valence-electron chi connectivity index (χ1n) is 2.62. The highest BCUT2D eigenvalue weighted by molar-refractivity contribution is 5.07. The van der Waals surface area contributed by atoms with E-state index in [2.05, 4.69) is 0 Å². The molecule has 0 radical (unpaired) electrons. The van der Waals surface area contributed by atoms with Gasteiger partial charge in [0, 0.05) is 6.92 Å². The van der Waals surface area contributed by atoms with Crippen LogP contribution in [0.2, 0.25) is 0 Å². The van der Waals surface area contributed by atoms with Crippen molar-refractivity contribution in [1.29, 1.82) is 0 Å². The minimum atomic E-state index is -2.67. The van der Waals surface area contributed by atoms with E-state index in [1.54, 1.807) is 0 Å². The molecular weight excluding hydrogens is 112 g/mol. The Morgan fingerprint density at radius 2 is 1.88 bits per heavy atom. The van der Waals surface area contributed by atoms with Crippen molar-refractivity contribution in [2.24, 2.45) is 5.73 Å². The summed E-state index contributed by atoms with van der Waals surface area (Å²) in [5, 5.41) is 0. The molecule has 1 saturated carbocycles. The van der Waals surface area contributed by atoms with Crippen LogP contribution in [0.1, 0.15) is 19.8 Å².